The van der Waals surface area contributed by atoms with Gasteiger partial charge in [-0.25, -0.2) is 0 Å². The Labute approximate surface area is 54.7 Å². The van der Waals surface area contributed by atoms with E-state index in [1.807, 2.05) is 12.1 Å². The number of allylic oxidation sites excluding steroid dienone is 1. The van der Waals surface area contributed by atoms with Crippen molar-refractivity contribution in [3.63, 3.8) is 0 Å². The van der Waals surface area contributed by atoms with Gasteiger partial charge in [0.05, 0.1) is 12.2 Å². The van der Waals surface area contributed by atoms with E-state index in [2.05, 4.69) is 0 Å². The van der Waals surface area contributed by atoms with Crippen LogP contribution >= 0.6 is 0 Å². The third-order valence-corrected chi connectivity index (χ3v) is 1.35. The molecule has 0 amide bonds. The van der Waals surface area contributed by atoms with Gasteiger partial charge in [-0.15, -0.1) is 0 Å². The predicted molar refractivity (Wildman–Crippen MR) is 33.7 cm³/mol. The molecule has 1 aliphatic rings. The Balaban J connectivity index is 2.28. The second kappa shape index (κ2) is 3.26. The number of hydrogen-bond acceptors (Lipinski definition) is 2. The van der Waals surface area contributed by atoms with Gasteiger partial charge in [0.2, 0.25) is 0 Å². The lowest BCUT2D eigenvalue weighted by atomic mass is 10.2. The highest BCUT2D eigenvalue weighted by Gasteiger charge is 2.10. The molecular formula is C7H9NO. The molecule has 1 fully saturated rings. The largest absolute Gasteiger partial charge is 0.374 e. The average Bonchev–Trinajstić information content (AvgIpc) is 2.34. The molecule has 1 heterocycles. The lowest BCUT2D eigenvalue weighted by Crippen LogP contribution is -1.97. The topological polar surface area (TPSA) is 33.0 Å². The lowest BCUT2D eigenvalue weighted by molar-refractivity contribution is 0.145. The van der Waals surface area contributed by atoms with Gasteiger partial charge in [0.15, 0.2) is 0 Å². The fourth-order valence-electron chi connectivity index (χ4n) is 0.905. The molecule has 0 aromatic carbocycles. The third-order valence-electron chi connectivity index (χ3n) is 1.35. The molecule has 0 bridgehead atoms. The predicted octanol–water partition coefficient (Wildman–Crippen LogP) is 1.25. The molecule has 0 aromatic heterocycles. The van der Waals surface area contributed by atoms with Crippen LogP contribution in [0.25, 0.3) is 0 Å². The molecule has 9 heavy (non-hydrogen) atoms. The molecule has 1 rings (SSSR count). The van der Waals surface area contributed by atoms with E-state index in [0.29, 0.717) is 0 Å². The van der Waals surface area contributed by atoms with Crippen molar-refractivity contribution in [2.75, 3.05) is 6.61 Å². The first-order valence-electron chi connectivity index (χ1n) is 3.11. The Morgan fingerprint density at radius 2 is 2.56 bits per heavy atom. The number of hydrogen-bond donors (Lipinski definition) is 0. The fraction of sp³-hybridized carbons (Fsp3) is 0.571. The van der Waals surface area contributed by atoms with Gasteiger partial charge >= 0.3 is 0 Å². The SMILES string of the molecule is N#C/C=C/C1CCCO1. The number of ether oxygens (including phenoxy) is 1. The van der Waals surface area contributed by atoms with E-state index in [9.17, 15) is 0 Å². The van der Waals surface area contributed by atoms with E-state index in [4.69, 9.17) is 10.00 Å². The van der Waals surface area contributed by atoms with Gasteiger partial charge in [-0.3, -0.25) is 0 Å². The normalized spacial score (nSPS) is 26.8. The van der Waals surface area contributed by atoms with Crippen LogP contribution in [0.15, 0.2) is 12.2 Å². The summed E-state index contributed by atoms with van der Waals surface area (Å²) in [5.41, 5.74) is 0. The van der Waals surface area contributed by atoms with Crippen molar-refractivity contribution >= 4 is 0 Å². The summed E-state index contributed by atoms with van der Waals surface area (Å²) in [6.07, 6.45) is 5.70. The van der Waals surface area contributed by atoms with Crippen molar-refractivity contribution in [2.24, 2.45) is 0 Å². The Hall–Kier alpha value is -0.810. The van der Waals surface area contributed by atoms with Crippen LogP contribution in [0.3, 0.4) is 0 Å². The minimum absolute atomic E-state index is 0.213. The van der Waals surface area contributed by atoms with Gasteiger partial charge in [-0.05, 0) is 18.9 Å². The maximum atomic E-state index is 8.13. The lowest BCUT2D eigenvalue weighted by Gasteiger charge is -1.97. The first-order valence-corrected chi connectivity index (χ1v) is 3.11. The smallest absolute Gasteiger partial charge is 0.0909 e. The summed E-state index contributed by atoms with van der Waals surface area (Å²) in [4.78, 5) is 0. The van der Waals surface area contributed by atoms with E-state index >= 15 is 0 Å². The summed E-state index contributed by atoms with van der Waals surface area (Å²) in [6, 6.07) is 1.93. The van der Waals surface area contributed by atoms with Gasteiger partial charge in [0, 0.05) is 12.7 Å². The highest BCUT2D eigenvalue weighted by atomic mass is 16.5. The molecule has 1 atom stereocenters. The molecule has 0 saturated carbocycles. The second-order valence-electron chi connectivity index (χ2n) is 2.04. The van der Waals surface area contributed by atoms with Crippen LogP contribution in [0.4, 0.5) is 0 Å². The Morgan fingerprint density at radius 1 is 1.67 bits per heavy atom. The molecule has 2 nitrogen and oxygen atoms in total. The zero-order valence-corrected chi connectivity index (χ0v) is 5.21. The van der Waals surface area contributed by atoms with Gasteiger partial charge in [0.1, 0.15) is 0 Å². The van der Waals surface area contributed by atoms with E-state index in [1.165, 1.54) is 6.08 Å². The number of nitrogens with zero attached hydrogens (tertiary/aromatic N) is 1. The van der Waals surface area contributed by atoms with Crippen molar-refractivity contribution in [3.05, 3.63) is 12.2 Å². The zero-order valence-electron chi connectivity index (χ0n) is 5.21. The van der Waals surface area contributed by atoms with E-state index in [0.717, 1.165) is 19.4 Å². The highest BCUT2D eigenvalue weighted by Crippen LogP contribution is 2.12. The molecule has 1 aliphatic heterocycles. The van der Waals surface area contributed by atoms with Crippen LogP contribution in [0.2, 0.25) is 0 Å². The highest BCUT2D eigenvalue weighted by molar-refractivity contribution is 5.05. The minimum Gasteiger partial charge on any atom is -0.374 e. The van der Waals surface area contributed by atoms with Crippen molar-refractivity contribution in [3.8, 4) is 6.07 Å². The molecule has 2 heteroatoms. The molecule has 48 valence electrons. The summed E-state index contributed by atoms with van der Waals surface area (Å²) in [5.74, 6) is 0. The van der Waals surface area contributed by atoms with Crippen molar-refractivity contribution in [1.29, 1.82) is 5.26 Å². The molecule has 0 spiro atoms. The maximum absolute atomic E-state index is 8.13. The standard InChI is InChI=1S/C7H9NO/c8-5-1-3-7-4-2-6-9-7/h1,3,7H,2,4,6H2/b3-1+. The monoisotopic (exact) mass is 123 g/mol. The fourth-order valence-corrected chi connectivity index (χ4v) is 0.905. The first-order chi connectivity index (χ1) is 4.43. The van der Waals surface area contributed by atoms with Crippen molar-refractivity contribution < 1.29 is 4.74 Å². The third kappa shape index (κ3) is 1.87. The van der Waals surface area contributed by atoms with Gasteiger partial charge in [-0.2, -0.15) is 5.26 Å². The average molecular weight is 123 g/mol. The van der Waals surface area contributed by atoms with Gasteiger partial charge in [-0.1, -0.05) is 0 Å². The molecule has 1 unspecified atom stereocenters. The number of nitriles is 1. The summed E-state index contributed by atoms with van der Waals surface area (Å²) in [5, 5.41) is 8.13. The second-order valence-corrected chi connectivity index (χ2v) is 2.04. The summed E-state index contributed by atoms with van der Waals surface area (Å²) < 4.78 is 5.22. The molecule has 0 aromatic rings. The minimum atomic E-state index is 0.213. The first kappa shape index (κ1) is 6.31. The molecule has 0 N–H and O–H groups in total. The van der Waals surface area contributed by atoms with Crippen LogP contribution in [0.1, 0.15) is 12.8 Å². The number of rotatable bonds is 1. The van der Waals surface area contributed by atoms with Crippen LogP contribution in [-0.4, -0.2) is 12.7 Å². The van der Waals surface area contributed by atoms with Crippen molar-refractivity contribution in [1.82, 2.24) is 0 Å². The summed E-state index contributed by atoms with van der Waals surface area (Å²) >= 11 is 0. The molecule has 0 aliphatic carbocycles. The van der Waals surface area contributed by atoms with E-state index in [1.54, 1.807) is 0 Å². The molecule has 0 radical (unpaired) electrons. The quantitative estimate of drug-likeness (QED) is 0.491. The Bertz CT molecular complexity index is 139. The zero-order chi connectivity index (χ0) is 6.53. The van der Waals surface area contributed by atoms with Crippen LogP contribution in [0, 0.1) is 11.3 Å². The van der Waals surface area contributed by atoms with E-state index in [-0.39, 0.29) is 6.10 Å². The van der Waals surface area contributed by atoms with E-state index < -0.39 is 0 Å². The molecular weight excluding hydrogens is 114 g/mol. The Morgan fingerprint density at radius 3 is 3.11 bits per heavy atom. The Kier molecular flexibility index (Phi) is 2.29. The van der Waals surface area contributed by atoms with Crippen LogP contribution in [-0.2, 0) is 4.74 Å². The summed E-state index contributed by atoms with van der Waals surface area (Å²) in [6.45, 7) is 0.848. The van der Waals surface area contributed by atoms with Crippen molar-refractivity contribution in [2.45, 2.75) is 18.9 Å². The molecule has 1 saturated heterocycles. The van der Waals surface area contributed by atoms with Gasteiger partial charge in [0.25, 0.3) is 0 Å². The maximum Gasteiger partial charge on any atom is 0.0909 e. The summed E-state index contributed by atoms with van der Waals surface area (Å²) in [7, 11) is 0. The van der Waals surface area contributed by atoms with Crippen LogP contribution in [0.5, 0.6) is 0 Å². The van der Waals surface area contributed by atoms with Crippen LogP contribution < -0.4 is 0 Å². The van der Waals surface area contributed by atoms with Gasteiger partial charge < -0.3 is 4.74 Å².